The summed E-state index contributed by atoms with van der Waals surface area (Å²) in [4.78, 5) is 0. The first-order valence-electron chi connectivity index (χ1n) is 5.48. The molecule has 0 aromatic rings. The summed E-state index contributed by atoms with van der Waals surface area (Å²) in [7, 11) is -3.88. The molecule has 2 rings (SSSR count). The Hall–Kier alpha value is -0.155. The maximum atomic E-state index is 13.0. The van der Waals surface area contributed by atoms with Gasteiger partial charge in [0.1, 0.15) is 6.10 Å². The molecule has 0 aromatic carbocycles. The molecule has 0 bridgehead atoms. The summed E-state index contributed by atoms with van der Waals surface area (Å²) in [5, 5.41) is 0. The van der Waals surface area contributed by atoms with Gasteiger partial charge in [0.25, 0.3) is 0 Å². The molecule has 1 aliphatic heterocycles. The first-order chi connectivity index (χ1) is 6.58. The fourth-order valence-electron chi connectivity index (χ4n) is 2.67. The van der Waals surface area contributed by atoms with Crippen molar-refractivity contribution in [1.29, 1.82) is 0 Å². The highest BCUT2D eigenvalue weighted by molar-refractivity contribution is 6.51. The Bertz CT molecular complexity index is 213. The summed E-state index contributed by atoms with van der Waals surface area (Å²) in [5.74, 6) is 0.221. The van der Waals surface area contributed by atoms with Crippen molar-refractivity contribution in [2.75, 3.05) is 0 Å². The van der Waals surface area contributed by atoms with Crippen LogP contribution in [0.3, 0.4) is 0 Å². The van der Waals surface area contributed by atoms with Crippen LogP contribution in [0.2, 0.25) is 0 Å². The zero-order valence-corrected chi connectivity index (χ0v) is 8.46. The summed E-state index contributed by atoms with van der Waals surface area (Å²) in [5.41, 5.74) is 0. The van der Waals surface area contributed by atoms with E-state index in [1.807, 2.05) is 0 Å². The molecule has 2 nitrogen and oxygen atoms in total. The molecule has 3 unspecified atom stereocenters. The highest BCUT2D eigenvalue weighted by atomic mass is 19.3. The second-order valence-electron chi connectivity index (χ2n) is 4.42. The van der Waals surface area contributed by atoms with Gasteiger partial charge in [0, 0.05) is 18.4 Å². The van der Waals surface area contributed by atoms with Crippen molar-refractivity contribution < 1.29 is 17.9 Å². The number of aliphatic hydroxyl groups is 1. The van der Waals surface area contributed by atoms with Gasteiger partial charge in [-0.05, 0) is 19.8 Å². The van der Waals surface area contributed by atoms with Crippen molar-refractivity contribution in [2.24, 2.45) is 5.92 Å². The van der Waals surface area contributed by atoms with Gasteiger partial charge in [0.2, 0.25) is 0 Å². The van der Waals surface area contributed by atoms with Crippen molar-refractivity contribution >= 4 is 7.11 Å². The van der Waals surface area contributed by atoms with E-state index in [2.05, 4.69) is 9.31 Å². The quantitative estimate of drug-likeness (QED) is 0.440. The lowest BCUT2D eigenvalue weighted by Gasteiger charge is -2.41. The van der Waals surface area contributed by atoms with Gasteiger partial charge < -0.3 is 17.9 Å². The molecule has 0 radical (unpaired) electrons. The topological polar surface area (TPSA) is 22.0 Å². The lowest BCUT2D eigenvalue weighted by atomic mass is 9.87. The second kappa shape index (κ2) is 3.78. The Morgan fingerprint density at radius 2 is 1.93 bits per heavy atom. The van der Waals surface area contributed by atoms with Crippen LogP contribution in [0.5, 0.6) is 0 Å². The van der Waals surface area contributed by atoms with Gasteiger partial charge in [0.05, 0.1) is 0 Å². The van der Waals surface area contributed by atoms with E-state index in [1.165, 1.54) is 0 Å². The Morgan fingerprint density at radius 3 is 2.71 bits per heavy atom. The van der Waals surface area contributed by atoms with Crippen LogP contribution in [0.15, 0.2) is 0 Å². The maximum Gasteiger partial charge on any atom is 0.805 e. The first kappa shape index (κ1) is 10.4. The average molecular weight is 206 g/mol. The molecule has 14 heavy (non-hydrogen) atoms. The summed E-state index contributed by atoms with van der Waals surface area (Å²) in [6.07, 6.45) is 4.62. The Labute approximate surface area is 83.0 Å². The van der Waals surface area contributed by atoms with Crippen molar-refractivity contribution in [3.05, 3.63) is 0 Å². The van der Waals surface area contributed by atoms with Gasteiger partial charge in [-0.2, -0.15) is 0 Å². The molecule has 2 fully saturated rings. The highest BCUT2D eigenvalue weighted by Crippen LogP contribution is 2.35. The van der Waals surface area contributed by atoms with Gasteiger partial charge in [-0.1, -0.05) is 12.8 Å². The van der Waals surface area contributed by atoms with Crippen LogP contribution in [0.25, 0.3) is 0 Å². The fraction of sp³-hybridized carbons (Fsp3) is 1.00. The lowest BCUT2D eigenvalue weighted by molar-refractivity contribution is -0.166. The van der Waals surface area contributed by atoms with Crippen LogP contribution >= 0.6 is 0 Å². The van der Waals surface area contributed by atoms with E-state index < -0.39 is 7.11 Å². The van der Waals surface area contributed by atoms with E-state index in [9.17, 15) is 8.63 Å². The normalized spacial score (nSPS) is 42.6. The van der Waals surface area contributed by atoms with Crippen molar-refractivity contribution in [1.82, 2.24) is 0 Å². The molecule has 0 aromatic heterocycles. The van der Waals surface area contributed by atoms with Gasteiger partial charge in [-0.25, -0.2) is 0 Å². The van der Waals surface area contributed by atoms with Crippen LogP contribution in [-0.4, -0.2) is 24.0 Å². The minimum Gasteiger partial charge on any atom is -0.594 e. The monoisotopic (exact) mass is 206 g/mol. The average Bonchev–Trinajstić information content (AvgIpc) is 2.27. The van der Waals surface area contributed by atoms with E-state index in [1.54, 1.807) is 6.92 Å². The summed E-state index contributed by atoms with van der Waals surface area (Å²) < 4.78 is 34.3. The van der Waals surface area contributed by atoms with Crippen LogP contribution < -0.4 is 0 Å². The molecule has 1 heterocycles. The molecule has 1 saturated carbocycles. The summed E-state index contributed by atoms with van der Waals surface area (Å²) >= 11 is 0. The number of fused-ring (bicyclic) bond motifs is 1. The van der Waals surface area contributed by atoms with Gasteiger partial charge in [-0.3, -0.25) is 0 Å². The van der Waals surface area contributed by atoms with Crippen LogP contribution in [-0.2, 0) is 4.65 Å². The minimum absolute atomic E-state index is 0.156. The number of rotatable bonds is 0. The fourth-order valence-corrected chi connectivity index (χ4v) is 2.67. The van der Waals surface area contributed by atoms with Gasteiger partial charge in [-0.15, -0.1) is 0 Å². The largest absolute Gasteiger partial charge is 0.805 e. The van der Waals surface area contributed by atoms with E-state index in [4.69, 9.17) is 0 Å². The van der Waals surface area contributed by atoms with E-state index >= 15 is 0 Å². The van der Waals surface area contributed by atoms with Crippen molar-refractivity contribution in [3.8, 4) is 0 Å². The van der Waals surface area contributed by atoms with Crippen LogP contribution in [0, 0.1) is 5.92 Å². The number of halogens is 2. The molecule has 0 amide bonds. The molecule has 1 N–H and O–H groups in total. The predicted molar refractivity (Wildman–Crippen MR) is 51.1 cm³/mol. The smallest absolute Gasteiger partial charge is 0.594 e. The third kappa shape index (κ3) is 2.09. The third-order valence-corrected chi connectivity index (χ3v) is 3.38. The van der Waals surface area contributed by atoms with E-state index in [-0.39, 0.29) is 18.1 Å². The molecular formula is C9H17BF2O2. The molecule has 2 aliphatic rings. The van der Waals surface area contributed by atoms with Crippen molar-refractivity contribution in [2.45, 2.75) is 51.2 Å². The maximum absolute atomic E-state index is 13.0. The Kier molecular flexibility index (Phi) is 2.80. The van der Waals surface area contributed by atoms with E-state index in [0.717, 1.165) is 32.1 Å². The minimum atomic E-state index is -3.88. The van der Waals surface area contributed by atoms with Gasteiger partial charge in [0.15, 0.2) is 0 Å². The van der Waals surface area contributed by atoms with Gasteiger partial charge >= 0.3 is 7.11 Å². The van der Waals surface area contributed by atoms with Crippen LogP contribution in [0.1, 0.15) is 39.0 Å². The Balaban J connectivity index is 2.08. The zero-order valence-electron chi connectivity index (χ0n) is 8.46. The molecule has 0 spiro atoms. The zero-order chi connectivity index (χ0) is 10.2. The van der Waals surface area contributed by atoms with Crippen LogP contribution in [0.4, 0.5) is 8.63 Å². The lowest BCUT2D eigenvalue weighted by Crippen LogP contribution is -2.54. The molecule has 1 aliphatic carbocycles. The third-order valence-electron chi connectivity index (χ3n) is 3.38. The highest BCUT2D eigenvalue weighted by Gasteiger charge is 2.52. The molecule has 5 heteroatoms. The number of hydrogen-bond acceptors (Lipinski definition) is 1. The summed E-state index contributed by atoms with van der Waals surface area (Å²) in [6.45, 7) is 1.76. The number of hydrogen-bond donors (Lipinski definition) is 0. The van der Waals surface area contributed by atoms with Crippen molar-refractivity contribution in [3.63, 3.8) is 0 Å². The molecular weight excluding hydrogens is 189 g/mol. The Morgan fingerprint density at radius 1 is 1.21 bits per heavy atom. The predicted octanol–water partition coefficient (Wildman–Crippen LogP) is 2.26. The summed E-state index contributed by atoms with van der Waals surface area (Å²) in [6, 6.07) is 0. The first-order valence-corrected chi connectivity index (χ1v) is 5.48. The second-order valence-corrected chi connectivity index (χ2v) is 4.42. The standard InChI is InChI=1S/C9H17BF2O2/c1-7-8-5-3-2-4-6-9(8)14-10(11,12)13-7/h7-9,14H,2-6H2,1H3. The molecule has 82 valence electrons. The molecule has 1 saturated heterocycles. The SMILES string of the molecule is CC1O[B-](F)(F)[OH+]C2CCCCCC12. The van der Waals surface area contributed by atoms with E-state index in [0.29, 0.717) is 0 Å². The molecule has 3 atom stereocenters.